The summed E-state index contributed by atoms with van der Waals surface area (Å²) in [6, 6.07) is 7.28. The summed E-state index contributed by atoms with van der Waals surface area (Å²) >= 11 is 1.25. The molecule has 2 rings (SSSR count). The van der Waals surface area contributed by atoms with Crippen LogP contribution in [0.25, 0.3) is 10.9 Å². The van der Waals surface area contributed by atoms with Crippen LogP contribution in [0.1, 0.15) is 33.2 Å². The maximum atomic E-state index is 12.8. The van der Waals surface area contributed by atoms with Gasteiger partial charge >= 0.3 is 5.97 Å². The van der Waals surface area contributed by atoms with Crippen LogP contribution in [0, 0.1) is 0 Å². The van der Waals surface area contributed by atoms with Gasteiger partial charge in [0.15, 0.2) is 5.16 Å². The monoisotopic (exact) mass is 320 g/mol. The Balaban J connectivity index is 2.60. The second-order valence-corrected chi connectivity index (χ2v) is 6.44. The zero-order valence-corrected chi connectivity index (χ0v) is 14.0. The van der Waals surface area contributed by atoms with Crippen molar-refractivity contribution < 1.29 is 9.53 Å². The molecule has 0 aliphatic rings. The van der Waals surface area contributed by atoms with Crippen LogP contribution in [0.5, 0.6) is 0 Å². The van der Waals surface area contributed by atoms with E-state index in [2.05, 4.69) is 4.98 Å². The number of aromatic nitrogens is 2. The van der Waals surface area contributed by atoms with Crippen molar-refractivity contribution in [2.45, 2.75) is 43.6 Å². The average Bonchev–Trinajstić information content (AvgIpc) is 2.53. The molecule has 0 aliphatic carbocycles. The second-order valence-electron chi connectivity index (χ2n) is 5.13. The number of hydrogen-bond donors (Lipinski definition) is 0. The lowest BCUT2D eigenvalue weighted by molar-refractivity contribution is -0.139. The first kappa shape index (κ1) is 16.5. The normalized spacial score (nSPS) is 13.8. The minimum absolute atomic E-state index is 0.0111. The van der Waals surface area contributed by atoms with Gasteiger partial charge in [-0.05, 0) is 32.4 Å². The maximum absolute atomic E-state index is 12.8. The Hall–Kier alpha value is -1.82. The molecule has 0 bridgehead atoms. The van der Waals surface area contributed by atoms with Gasteiger partial charge in [0.1, 0.15) is 5.25 Å². The minimum atomic E-state index is -0.423. The molecule has 1 aromatic heterocycles. The van der Waals surface area contributed by atoms with E-state index in [0.717, 1.165) is 6.42 Å². The topological polar surface area (TPSA) is 61.2 Å². The molecule has 2 aromatic rings. The van der Waals surface area contributed by atoms with Gasteiger partial charge in [-0.15, -0.1) is 0 Å². The molecule has 0 saturated carbocycles. The molecule has 118 valence electrons. The van der Waals surface area contributed by atoms with Gasteiger partial charge < -0.3 is 4.74 Å². The molecule has 0 aliphatic heterocycles. The Morgan fingerprint density at radius 1 is 1.36 bits per heavy atom. The summed E-state index contributed by atoms with van der Waals surface area (Å²) in [7, 11) is 1.36. The van der Waals surface area contributed by atoms with Crippen molar-refractivity contribution in [2.24, 2.45) is 0 Å². The molecule has 0 spiro atoms. The molecule has 1 heterocycles. The van der Waals surface area contributed by atoms with Gasteiger partial charge in [-0.1, -0.05) is 30.8 Å². The van der Waals surface area contributed by atoms with Crippen LogP contribution in [0.4, 0.5) is 0 Å². The van der Waals surface area contributed by atoms with Crippen molar-refractivity contribution in [2.75, 3.05) is 7.11 Å². The van der Waals surface area contributed by atoms with Crippen molar-refractivity contribution in [3.8, 4) is 0 Å². The van der Waals surface area contributed by atoms with Crippen molar-refractivity contribution in [1.82, 2.24) is 9.55 Å². The molecule has 5 nitrogen and oxygen atoms in total. The molecule has 0 fully saturated rings. The van der Waals surface area contributed by atoms with E-state index >= 15 is 0 Å². The van der Waals surface area contributed by atoms with E-state index in [0.29, 0.717) is 16.1 Å². The van der Waals surface area contributed by atoms with Crippen LogP contribution in [0.2, 0.25) is 0 Å². The largest absolute Gasteiger partial charge is 0.468 e. The Morgan fingerprint density at radius 2 is 2.05 bits per heavy atom. The standard InChI is InChI=1S/C16H20N2O3S/c1-5-10(2)18-14(19)12-8-6-7-9-13(12)17-16(18)22-11(3)15(20)21-4/h6-11H,5H2,1-4H3/t10-,11-/m1/s1. The number of ether oxygens (including phenoxy) is 1. The van der Waals surface area contributed by atoms with Crippen LogP contribution in [0.3, 0.4) is 0 Å². The van der Waals surface area contributed by atoms with Crippen molar-refractivity contribution in [3.63, 3.8) is 0 Å². The lowest BCUT2D eigenvalue weighted by Gasteiger charge is -2.19. The molecule has 0 saturated heterocycles. The SMILES string of the molecule is CC[C@@H](C)n1c(S[C@H](C)C(=O)OC)nc2ccccc2c1=O. The smallest absolute Gasteiger partial charge is 0.318 e. The number of nitrogens with zero attached hydrogens (tertiary/aromatic N) is 2. The summed E-state index contributed by atoms with van der Waals surface area (Å²) in [5.41, 5.74) is 0.575. The van der Waals surface area contributed by atoms with E-state index in [9.17, 15) is 9.59 Å². The predicted molar refractivity (Wildman–Crippen MR) is 88.3 cm³/mol. The summed E-state index contributed by atoms with van der Waals surface area (Å²) in [5.74, 6) is -0.330. The number of carbonyl (C=O) groups is 1. The fraction of sp³-hybridized carbons (Fsp3) is 0.438. The first-order chi connectivity index (χ1) is 10.5. The number of hydrogen-bond acceptors (Lipinski definition) is 5. The van der Waals surface area contributed by atoms with Gasteiger partial charge in [-0.25, -0.2) is 4.98 Å². The van der Waals surface area contributed by atoms with Crippen LogP contribution >= 0.6 is 11.8 Å². The van der Waals surface area contributed by atoms with Gasteiger partial charge in [0.25, 0.3) is 5.56 Å². The van der Waals surface area contributed by atoms with Gasteiger partial charge in [0.05, 0.1) is 18.0 Å². The lowest BCUT2D eigenvalue weighted by Crippen LogP contribution is -2.27. The van der Waals surface area contributed by atoms with Gasteiger partial charge in [-0.2, -0.15) is 0 Å². The fourth-order valence-corrected chi connectivity index (χ4v) is 3.19. The fourth-order valence-electron chi connectivity index (χ4n) is 2.15. The molecule has 1 aromatic carbocycles. The first-order valence-corrected chi connectivity index (χ1v) is 8.13. The highest BCUT2D eigenvalue weighted by Gasteiger charge is 2.21. The molecule has 2 atom stereocenters. The molecule has 6 heteroatoms. The summed E-state index contributed by atoms with van der Waals surface area (Å²) in [6.45, 7) is 5.74. The maximum Gasteiger partial charge on any atom is 0.318 e. The Kier molecular flexibility index (Phi) is 5.24. The van der Waals surface area contributed by atoms with E-state index in [-0.39, 0.29) is 17.6 Å². The summed E-state index contributed by atoms with van der Waals surface area (Å²) < 4.78 is 6.43. The molecule has 0 amide bonds. The molecule has 0 unspecified atom stereocenters. The highest BCUT2D eigenvalue weighted by molar-refractivity contribution is 8.00. The third kappa shape index (κ3) is 3.16. The number of methoxy groups -OCH3 is 1. The second kappa shape index (κ2) is 6.96. The highest BCUT2D eigenvalue weighted by Crippen LogP contribution is 2.26. The summed E-state index contributed by atoms with van der Waals surface area (Å²) in [4.78, 5) is 29.0. The molecule has 0 N–H and O–H groups in total. The van der Waals surface area contributed by atoms with Crippen LogP contribution in [0.15, 0.2) is 34.2 Å². The van der Waals surface area contributed by atoms with Crippen LogP contribution in [-0.2, 0) is 9.53 Å². The van der Waals surface area contributed by atoms with Crippen molar-refractivity contribution in [3.05, 3.63) is 34.6 Å². The van der Waals surface area contributed by atoms with E-state index in [1.807, 2.05) is 32.0 Å². The third-order valence-corrected chi connectivity index (χ3v) is 4.67. The minimum Gasteiger partial charge on any atom is -0.468 e. The van der Waals surface area contributed by atoms with Crippen LogP contribution in [-0.4, -0.2) is 27.9 Å². The van der Waals surface area contributed by atoms with Crippen molar-refractivity contribution >= 4 is 28.6 Å². The zero-order chi connectivity index (χ0) is 16.3. The Labute approximate surface area is 133 Å². The third-order valence-electron chi connectivity index (χ3n) is 3.62. The summed E-state index contributed by atoms with van der Waals surface area (Å²) in [6.07, 6.45) is 0.806. The molecular formula is C16H20N2O3S. The molecular weight excluding hydrogens is 300 g/mol. The number of fused-ring (bicyclic) bond motifs is 1. The molecule has 22 heavy (non-hydrogen) atoms. The van der Waals surface area contributed by atoms with Crippen LogP contribution < -0.4 is 5.56 Å². The zero-order valence-electron chi connectivity index (χ0n) is 13.2. The number of rotatable bonds is 5. The van der Waals surface area contributed by atoms with Crippen molar-refractivity contribution in [1.29, 1.82) is 0 Å². The van der Waals surface area contributed by atoms with E-state index in [4.69, 9.17) is 4.74 Å². The Morgan fingerprint density at radius 3 is 2.68 bits per heavy atom. The lowest BCUT2D eigenvalue weighted by atomic mass is 10.2. The van der Waals surface area contributed by atoms with E-state index < -0.39 is 5.25 Å². The number of esters is 1. The van der Waals surface area contributed by atoms with Gasteiger partial charge in [0, 0.05) is 6.04 Å². The quantitative estimate of drug-likeness (QED) is 0.481. The van der Waals surface area contributed by atoms with Gasteiger partial charge in [-0.3, -0.25) is 14.2 Å². The summed E-state index contributed by atoms with van der Waals surface area (Å²) in [5, 5.41) is 0.724. The Bertz CT molecular complexity index is 742. The number of thioether (sulfide) groups is 1. The predicted octanol–water partition coefficient (Wildman–Crippen LogP) is 3.02. The van der Waals surface area contributed by atoms with Gasteiger partial charge in [0.2, 0.25) is 0 Å². The first-order valence-electron chi connectivity index (χ1n) is 7.25. The number of para-hydroxylation sites is 1. The highest BCUT2D eigenvalue weighted by atomic mass is 32.2. The van der Waals surface area contributed by atoms with E-state index in [1.54, 1.807) is 17.6 Å². The number of benzene rings is 1. The molecule has 0 radical (unpaired) electrons. The average molecular weight is 320 g/mol. The van der Waals surface area contributed by atoms with E-state index in [1.165, 1.54) is 18.9 Å². The number of carbonyl (C=O) groups excluding carboxylic acids is 1.